The Kier molecular flexibility index (Phi) is 6.12. The molecule has 1 amide bonds. The highest BCUT2D eigenvalue weighted by atomic mass is 79.9. The van der Waals surface area contributed by atoms with Crippen LogP contribution in [0.5, 0.6) is 0 Å². The molecule has 8 heteroatoms. The van der Waals surface area contributed by atoms with Gasteiger partial charge < -0.3 is 5.32 Å². The van der Waals surface area contributed by atoms with Crippen molar-refractivity contribution in [3.63, 3.8) is 0 Å². The van der Waals surface area contributed by atoms with Crippen molar-refractivity contribution in [3.8, 4) is 0 Å². The van der Waals surface area contributed by atoms with Gasteiger partial charge in [-0.25, -0.2) is 4.98 Å². The number of halogens is 2. The topological polar surface area (TPSA) is 70.7 Å². The molecule has 0 spiro atoms. The van der Waals surface area contributed by atoms with Crippen molar-refractivity contribution in [1.82, 2.24) is 20.5 Å². The number of thioether (sulfide) groups is 1. The van der Waals surface area contributed by atoms with Crippen molar-refractivity contribution in [1.29, 1.82) is 0 Å². The van der Waals surface area contributed by atoms with E-state index in [1.165, 1.54) is 17.3 Å². The summed E-state index contributed by atoms with van der Waals surface area (Å²) in [5.41, 5.74) is 1.74. The molecule has 0 aliphatic heterocycles. The quantitative estimate of drug-likeness (QED) is 0.559. The smallest absolute Gasteiger partial charge is 0.251 e. The van der Waals surface area contributed by atoms with Crippen LogP contribution >= 0.6 is 39.3 Å². The molecule has 2 aromatic carbocycles. The van der Waals surface area contributed by atoms with Crippen LogP contribution in [0.15, 0.2) is 58.2 Å². The maximum atomic E-state index is 12.0. The molecule has 0 saturated carbocycles. The zero-order valence-electron chi connectivity index (χ0n) is 13.0. The maximum absolute atomic E-state index is 12.0. The van der Waals surface area contributed by atoms with E-state index in [0.29, 0.717) is 21.6 Å². The van der Waals surface area contributed by atoms with E-state index in [4.69, 9.17) is 11.6 Å². The van der Waals surface area contributed by atoms with Gasteiger partial charge in [0.15, 0.2) is 0 Å². The molecule has 25 heavy (non-hydrogen) atoms. The largest absolute Gasteiger partial charge is 0.345 e. The molecule has 0 aliphatic carbocycles. The molecule has 0 aliphatic rings. The Morgan fingerprint density at radius 2 is 1.88 bits per heavy atom. The van der Waals surface area contributed by atoms with E-state index in [1.807, 2.05) is 12.1 Å². The van der Waals surface area contributed by atoms with Gasteiger partial charge in [0.2, 0.25) is 5.16 Å². The minimum Gasteiger partial charge on any atom is -0.345 e. The first-order valence-electron chi connectivity index (χ1n) is 7.42. The number of hydrogen-bond acceptors (Lipinski definition) is 4. The number of carbonyl (C=O) groups excluding carboxylic acids is 1. The number of aromatic nitrogens is 3. The van der Waals surface area contributed by atoms with E-state index in [9.17, 15) is 4.79 Å². The first kappa shape index (κ1) is 18.0. The third-order valence-corrected chi connectivity index (χ3v) is 5.01. The molecule has 0 unspecified atom stereocenters. The Bertz CT molecular complexity index is 852. The fourth-order valence-corrected chi connectivity index (χ4v) is 3.18. The number of nitrogens with zero attached hydrogens (tertiary/aromatic N) is 2. The summed E-state index contributed by atoms with van der Waals surface area (Å²) >= 11 is 10.8. The van der Waals surface area contributed by atoms with Crippen molar-refractivity contribution in [2.75, 3.05) is 0 Å². The lowest BCUT2D eigenvalue weighted by Gasteiger charge is -2.02. The number of rotatable bonds is 6. The average molecular weight is 438 g/mol. The summed E-state index contributed by atoms with van der Waals surface area (Å²) in [6.45, 7) is 0.285. The molecule has 1 aromatic heterocycles. The van der Waals surface area contributed by atoms with Crippen LogP contribution in [0.25, 0.3) is 0 Å². The van der Waals surface area contributed by atoms with Gasteiger partial charge in [-0.3, -0.25) is 9.89 Å². The minimum atomic E-state index is -0.183. The average Bonchev–Trinajstić information content (AvgIpc) is 3.08. The fourth-order valence-electron chi connectivity index (χ4n) is 2.02. The summed E-state index contributed by atoms with van der Waals surface area (Å²) in [5, 5.41) is 11.0. The number of benzene rings is 2. The standard InChI is InChI=1S/C17H14BrClN4OS/c18-13-5-1-11(2-6-13)10-25-17-21-15(22-23-17)9-20-16(24)12-3-7-14(19)8-4-12/h1-8H,9-10H2,(H,20,24)(H,21,22,23). The number of H-pyrrole nitrogens is 1. The fraction of sp³-hybridized carbons (Fsp3) is 0.118. The van der Waals surface area contributed by atoms with Gasteiger partial charge in [-0.2, -0.15) is 0 Å². The molecule has 3 aromatic rings. The predicted molar refractivity (Wildman–Crippen MR) is 103 cm³/mol. The predicted octanol–water partition coefficient (Wildman–Crippen LogP) is 4.44. The third-order valence-electron chi connectivity index (χ3n) is 3.32. The van der Waals surface area contributed by atoms with Crippen LogP contribution in [0.1, 0.15) is 21.7 Å². The van der Waals surface area contributed by atoms with Gasteiger partial charge in [0.25, 0.3) is 5.91 Å². The monoisotopic (exact) mass is 436 g/mol. The van der Waals surface area contributed by atoms with Crippen LogP contribution in [0, 0.1) is 0 Å². The Hall–Kier alpha value is -1.83. The molecule has 0 atom stereocenters. The number of nitrogens with one attached hydrogen (secondary N) is 2. The van der Waals surface area contributed by atoms with Gasteiger partial charge in [0, 0.05) is 20.8 Å². The summed E-state index contributed by atoms with van der Waals surface area (Å²) in [7, 11) is 0. The van der Waals surface area contributed by atoms with E-state index in [-0.39, 0.29) is 12.5 Å². The van der Waals surface area contributed by atoms with Gasteiger partial charge >= 0.3 is 0 Å². The van der Waals surface area contributed by atoms with Crippen molar-refractivity contribution in [2.45, 2.75) is 17.5 Å². The zero-order chi connectivity index (χ0) is 17.6. The maximum Gasteiger partial charge on any atom is 0.251 e. The second kappa shape index (κ2) is 8.51. The molecule has 2 N–H and O–H groups in total. The molecular weight excluding hydrogens is 424 g/mol. The molecule has 128 valence electrons. The Morgan fingerprint density at radius 1 is 1.16 bits per heavy atom. The number of hydrogen-bond donors (Lipinski definition) is 2. The number of carbonyl (C=O) groups is 1. The summed E-state index contributed by atoms with van der Waals surface area (Å²) in [5.74, 6) is 1.21. The Labute approximate surface area is 162 Å². The zero-order valence-corrected chi connectivity index (χ0v) is 16.2. The van der Waals surface area contributed by atoms with E-state index >= 15 is 0 Å². The number of aromatic amines is 1. The van der Waals surface area contributed by atoms with E-state index in [0.717, 1.165) is 10.2 Å². The molecule has 5 nitrogen and oxygen atoms in total. The lowest BCUT2D eigenvalue weighted by molar-refractivity contribution is 0.0950. The summed E-state index contributed by atoms with van der Waals surface area (Å²) in [6, 6.07) is 14.8. The van der Waals surface area contributed by atoms with Crippen molar-refractivity contribution < 1.29 is 4.79 Å². The lowest BCUT2D eigenvalue weighted by Crippen LogP contribution is -2.23. The summed E-state index contributed by atoms with van der Waals surface area (Å²) < 4.78 is 1.05. The first-order valence-corrected chi connectivity index (χ1v) is 9.58. The summed E-state index contributed by atoms with van der Waals surface area (Å²) in [4.78, 5) is 16.4. The first-order chi connectivity index (χ1) is 12.1. The van der Waals surface area contributed by atoms with Crippen molar-refractivity contribution in [3.05, 3.63) is 75.0 Å². The van der Waals surface area contributed by atoms with Crippen molar-refractivity contribution in [2.24, 2.45) is 0 Å². The summed E-state index contributed by atoms with van der Waals surface area (Å²) in [6.07, 6.45) is 0. The SMILES string of the molecule is O=C(NCc1nc(SCc2ccc(Br)cc2)n[nH]1)c1ccc(Cl)cc1. The molecule has 3 rings (SSSR count). The Balaban J connectivity index is 1.50. The highest BCUT2D eigenvalue weighted by Gasteiger charge is 2.08. The van der Waals surface area contributed by atoms with Crippen LogP contribution in [0.2, 0.25) is 5.02 Å². The van der Waals surface area contributed by atoms with Gasteiger partial charge in [-0.1, -0.05) is 51.4 Å². The van der Waals surface area contributed by atoms with Gasteiger partial charge in [-0.15, -0.1) is 5.10 Å². The molecule has 0 bridgehead atoms. The second-order valence-corrected chi connectivity index (χ2v) is 7.46. The molecule has 1 heterocycles. The second-order valence-electron chi connectivity index (χ2n) is 5.17. The van der Waals surface area contributed by atoms with Crippen molar-refractivity contribution >= 4 is 45.2 Å². The van der Waals surface area contributed by atoms with Crippen LogP contribution in [0.4, 0.5) is 0 Å². The third kappa shape index (κ3) is 5.32. The van der Waals surface area contributed by atoms with Crippen LogP contribution in [-0.4, -0.2) is 21.1 Å². The van der Waals surface area contributed by atoms with E-state index < -0.39 is 0 Å². The van der Waals surface area contributed by atoms with Gasteiger partial charge in [-0.05, 0) is 42.0 Å². The van der Waals surface area contributed by atoms with Gasteiger partial charge in [0.05, 0.1) is 6.54 Å². The van der Waals surface area contributed by atoms with E-state index in [2.05, 4.69) is 48.6 Å². The van der Waals surface area contributed by atoms with Crippen LogP contribution in [0.3, 0.4) is 0 Å². The minimum absolute atomic E-state index is 0.183. The van der Waals surface area contributed by atoms with E-state index in [1.54, 1.807) is 24.3 Å². The normalized spacial score (nSPS) is 10.6. The molecular formula is C17H14BrClN4OS. The molecule has 0 saturated heterocycles. The number of amides is 1. The highest BCUT2D eigenvalue weighted by Crippen LogP contribution is 2.20. The van der Waals surface area contributed by atoms with Crippen LogP contribution < -0.4 is 5.32 Å². The van der Waals surface area contributed by atoms with Gasteiger partial charge in [0.1, 0.15) is 5.82 Å². The lowest BCUT2D eigenvalue weighted by atomic mass is 10.2. The molecule has 0 fully saturated rings. The molecule has 0 radical (unpaired) electrons. The Morgan fingerprint density at radius 3 is 2.60 bits per heavy atom. The van der Waals surface area contributed by atoms with Crippen LogP contribution in [-0.2, 0) is 12.3 Å². The highest BCUT2D eigenvalue weighted by molar-refractivity contribution is 9.10.